The van der Waals surface area contributed by atoms with Crippen LogP contribution in [0.4, 0.5) is 11.4 Å². The highest BCUT2D eigenvalue weighted by atomic mass is 16.3. The van der Waals surface area contributed by atoms with Crippen molar-refractivity contribution in [3.63, 3.8) is 0 Å². The Bertz CT molecular complexity index is 1270. The molecule has 2 fully saturated rings. The number of phenols is 1. The van der Waals surface area contributed by atoms with Crippen molar-refractivity contribution in [2.45, 2.75) is 31.0 Å². The van der Waals surface area contributed by atoms with Gasteiger partial charge < -0.3 is 26.0 Å². The third kappa shape index (κ3) is 3.02. The fourth-order valence-corrected chi connectivity index (χ4v) is 5.96. The third-order valence-corrected chi connectivity index (χ3v) is 7.55. The molecule has 35 heavy (non-hydrogen) atoms. The van der Waals surface area contributed by atoms with E-state index in [1.165, 1.54) is 6.07 Å². The van der Waals surface area contributed by atoms with Gasteiger partial charge in [-0.2, -0.15) is 0 Å². The van der Waals surface area contributed by atoms with Crippen molar-refractivity contribution in [1.29, 1.82) is 0 Å². The van der Waals surface area contributed by atoms with Crippen molar-refractivity contribution in [3.05, 3.63) is 27.6 Å². The first-order chi connectivity index (χ1) is 16.3. The van der Waals surface area contributed by atoms with E-state index in [9.17, 15) is 39.3 Å². The zero-order chi connectivity index (χ0) is 26.1. The smallest absolute Gasteiger partial charge is 0.235 e. The summed E-state index contributed by atoms with van der Waals surface area (Å²) in [5.41, 5.74) is 11.1. The highest BCUT2D eigenvalue weighted by molar-refractivity contribution is 6.31. The van der Waals surface area contributed by atoms with Gasteiger partial charge >= 0.3 is 0 Å². The zero-order valence-corrected chi connectivity index (χ0v) is 19.0. The third-order valence-electron chi connectivity index (χ3n) is 7.55. The van der Waals surface area contributed by atoms with Gasteiger partial charge in [-0.05, 0) is 23.1 Å². The van der Waals surface area contributed by atoms with Gasteiger partial charge in [-0.25, -0.2) is 0 Å². The molecular weight excluding hydrogens is 462 g/mol. The number of phenolic OH excluding ortho intramolecular Hbond substituents is 1. The summed E-state index contributed by atoms with van der Waals surface area (Å²) in [5.74, 6) is -14.1. The molecule has 0 spiro atoms. The number of fused-ring (bicyclic) bond motifs is 3. The average Bonchev–Trinajstić information content (AvgIpc) is 2.77. The summed E-state index contributed by atoms with van der Waals surface area (Å²) < 4.78 is 0. The molecule has 0 heterocycles. The number of Topliss-reactive ketones (excluding diaryl/α,β-unsaturated/α-hetero) is 4. The molecule has 1 amide bonds. The maximum Gasteiger partial charge on any atom is 0.235 e. The number of benzene rings is 1. The normalized spacial score (nSPS) is 33.9. The van der Waals surface area contributed by atoms with Crippen molar-refractivity contribution in [3.8, 4) is 5.75 Å². The molecule has 4 rings (SSSR count). The van der Waals surface area contributed by atoms with Gasteiger partial charge in [-0.15, -0.1) is 0 Å². The highest BCUT2D eigenvalue weighted by Gasteiger charge is 2.70. The van der Waals surface area contributed by atoms with Crippen molar-refractivity contribution < 1.29 is 39.3 Å². The number of azide groups is 1. The molecule has 7 atom stereocenters. The van der Waals surface area contributed by atoms with Gasteiger partial charge in [0.05, 0.1) is 23.3 Å². The number of aromatic hydroxyl groups is 1. The number of carbonyl (C=O) groups is 5. The molecule has 13 nitrogen and oxygen atoms in total. The molecule has 3 aliphatic carbocycles. The Morgan fingerprint density at radius 3 is 2.43 bits per heavy atom. The molecule has 184 valence electrons. The van der Waals surface area contributed by atoms with Crippen LogP contribution in [0.1, 0.15) is 35.2 Å². The molecule has 13 heteroatoms. The lowest BCUT2D eigenvalue weighted by Crippen LogP contribution is -2.72. The van der Waals surface area contributed by atoms with E-state index in [0.717, 1.165) is 0 Å². The van der Waals surface area contributed by atoms with Gasteiger partial charge in [-0.3, -0.25) is 24.0 Å². The van der Waals surface area contributed by atoms with Gasteiger partial charge in [0.1, 0.15) is 5.75 Å². The number of hydrogen-bond donors (Lipinski definition) is 4. The predicted molar refractivity (Wildman–Crippen MR) is 118 cm³/mol. The Morgan fingerprint density at radius 2 is 1.89 bits per heavy atom. The average molecular weight is 485 g/mol. The number of aliphatic hydroxyl groups excluding tert-OH is 1. The first-order valence-corrected chi connectivity index (χ1v) is 10.8. The van der Waals surface area contributed by atoms with Gasteiger partial charge in [0, 0.05) is 43.0 Å². The van der Waals surface area contributed by atoms with Crippen molar-refractivity contribution >= 4 is 40.4 Å². The molecule has 2 saturated carbocycles. The van der Waals surface area contributed by atoms with E-state index in [1.807, 2.05) is 0 Å². The largest absolute Gasteiger partial charge is 0.507 e. The molecule has 0 saturated heterocycles. The first kappa shape index (κ1) is 24.3. The zero-order valence-electron chi connectivity index (χ0n) is 19.0. The van der Waals surface area contributed by atoms with E-state index >= 15 is 0 Å². The molecule has 0 radical (unpaired) electrons. The minimum Gasteiger partial charge on any atom is -0.507 e. The topological polar surface area (TPSA) is 224 Å². The molecule has 1 aromatic rings. The number of ketones is 4. The van der Waals surface area contributed by atoms with Crippen LogP contribution in [-0.4, -0.2) is 70.2 Å². The minimum atomic E-state index is -3.00. The minimum absolute atomic E-state index is 0.274. The number of aliphatic hydroxyl groups is 2. The van der Waals surface area contributed by atoms with Crippen molar-refractivity contribution in [2.75, 3.05) is 19.0 Å². The molecule has 1 aromatic carbocycles. The lowest BCUT2D eigenvalue weighted by atomic mass is 9.50. The summed E-state index contributed by atoms with van der Waals surface area (Å²) >= 11 is 0. The maximum absolute atomic E-state index is 13.7. The van der Waals surface area contributed by atoms with E-state index in [0.29, 0.717) is 5.69 Å². The number of rotatable bonds is 3. The van der Waals surface area contributed by atoms with Gasteiger partial charge in [0.15, 0.2) is 34.7 Å². The van der Waals surface area contributed by atoms with E-state index in [2.05, 4.69) is 10.0 Å². The Hall–Kier alpha value is -3.80. The number of nitrogens with two attached hydrogens (primary N) is 1. The van der Waals surface area contributed by atoms with Crippen LogP contribution in [0.2, 0.25) is 0 Å². The van der Waals surface area contributed by atoms with Crippen LogP contribution in [0.25, 0.3) is 10.4 Å². The van der Waals surface area contributed by atoms with Crippen LogP contribution in [0.5, 0.6) is 5.75 Å². The Kier molecular flexibility index (Phi) is 5.47. The summed E-state index contributed by atoms with van der Waals surface area (Å²) in [7, 11) is 3.28. The number of nitrogens with zero attached hydrogens (tertiary/aromatic N) is 4. The van der Waals surface area contributed by atoms with Crippen LogP contribution < -0.4 is 10.6 Å². The Morgan fingerprint density at radius 1 is 1.26 bits per heavy atom. The Balaban J connectivity index is 1.97. The van der Waals surface area contributed by atoms with E-state index in [4.69, 9.17) is 11.3 Å². The van der Waals surface area contributed by atoms with Gasteiger partial charge in [0.25, 0.3) is 0 Å². The van der Waals surface area contributed by atoms with Crippen LogP contribution in [0.3, 0.4) is 0 Å². The first-order valence-electron chi connectivity index (χ1n) is 10.8. The lowest BCUT2D eigenvalue weighted by Gasteiger charge is -2.53. The number of primary amides is 1. The highest BCUT2D eigenvalue weighted by Crippen LogP contribution is 2.56. The van der Waals surface area contributed by atoms with Crippen LogP contribution >= 0.6 is 0 Å². The van der Waals surface area contributed by atoms with Gasteiger partial charge in [-0.1, -0.05) is 12.0 Å². The number of anilines is 1. The molecular formula is C22H23N5O8. The summed E-state index contributed by atoms with van der Waals surface area (Å²) in [6.45, 7) is 1.60. The molecule has 0 aromatic heterocycles. The van der Waals surface area contributed by atoms with Crippen molar-refractivity contribution in [1.82, 2.24) is 0 Å². The summed E-state index contributed by atoms with van der Waals surface area (Å²) in [4.78, 5) is 68.8. The molecule has 3 aliphatic rings. The standard InChI is InChI=1S/C22H23N5O8/c1-6-11-9(27(2)3)5-8(25-26-24)17(30)14(11)18(31)15-12(6)16(29)7-4-10(28)13(21(23)34)19(32)22(7,35)20(15)33/h5-7,12-13,15-16,29-30,35H,4H2,1-3H3,(H2,23,34)/t6-,7-,12-,13?,15?,16-,22-/m1/s1. The molecule has 0 bridgehead atoms. The fraction of sp³-hybridized carbons (Fsp3) is 0.500. The molecule has 0 aliphatic heterocycles. The maximum atomic E-state index is 13.7. The number of carbonyl (C=O) groups excluding carboxylic acids is 5. The number of amides is 1. The van der Waals surface area contributed by atoms with E-state index < -0.39 is 82.5 Å². The fourth-order valence-electron chi connectivity index (χ4n) is 5.96. The monoisotopic (exact) mass is 485 g/mol. The number of hydrogen-bond acceptors (Lipinski definition) is 10. The molecule has 5 N–H and O–H groups in total. The summed E-state index contributed by atoms with van der Waals surface area (Å²) in [6.07, 6.45) is -2.33. The van der Waals surface area contributed by atoms with E-state index in [-0.39, 0.29) is 16.8 Å². The molecule has 2 unspecified atom stereocenters. The predicted octanol–water partition coefficient (Wildman–Crippen LogP) is -0.134. The summed E-state index contributed by atoms with van der Waals surface area (Å²) in [5, 5.41) is 36.7. The second-order valence-corrected chi connectivity index (χ2v) is 9.44. The lowest BCUT2D eigenvalue weighted by molar-refractivity contribution is -0.189. The van der Waals surface area contributed by atoms with Crippen LogP contribution in [0.15, 0.2) is 11.2 Å². The quantitative estimate of drug-likeness (QED) is 0.193. The summed E-state index contributed by atoms with van der Waals surface area (Å²) in [6, 6.07) is 1.36. The Labute approximate surface area is 198 Å². The second-order valence-electron chi connectivity index (χ2n) is 9.44. The second kappa shape index (κ2) is 7.87. The van der Waals surface area contributed by atoms with E-state index in [1.54, 1.807) is 25.9 Å². The van der Waals surface area contributed by atoms with Crippen LogP contribution in [0, 0.1) is 23.7 Å². The van der Waals surface area contributed by atoms with Gasteiger partial charge in [0.2, 0.25) is 5.91 Å². The van der Waals surface area contributed by atoms with Crippen LogP contribution in [-0.2, 0) is 19.2 Å². The SMILES string of the molecule is C[C@@H]1c2c(N(C)C)cc(N=[N+]=[N-])c(O)c2C(=O)C2C(=O)[C@]3(O)C(=O)C(C(N)=O)C(=O)C[C@@H]3[C@@H](O)[C@@H]21. The van der Waals surface area contributed by atoms with Crippen molar-refractivity contribution in [2.24, 2.45) is 34.5 Å².